The van der Waals surface area contributed by atoms with Gasteiger partial charge in [-0.15, -0.1) is 0 Å². The van der Waals surface area contributed by atoms with Crippen molar-refractivity contribution in [3.05, 3.63) is 63.0 Å². The molecule has 0 heterocycles. The Morgan fingerprint density at radius 3 is 2.61 bits per heavy atom. The van der Waals surface area contributed by atoms with Crippen LogP contribution in [0, 0.1) is 16.3 Å². The minimum Gasteiger partial charge on any atom is -0.378 e. The number of anilines is 1. The van der Waals surface area contributed by atoms with Gasteiger partial charge in [0.2, 0.25) is 0 Å². The third-order valence-corrected chi connectivity index (χ3v) is 3.58. The van der Waals surface area contributed by atoms with Gasteiger partial charge in [0.05, 0.1) is 0 Å². The lowest BCUT2D eigenvalue weighted by Gasteiger charge is -2.17. The SMILES string of the molecule is Cc1cc(I)ccc1NC(C)c1cccc(F)c1. The molecular weight excluding hydrogens is 340 g/mol. The molecule has 0 radical (unpaired) electrons. The summed E-state index contributed by atoms with van der Waals surface area (Å²) in [5, 5.41) is 3.41. The fourth-order valence-corrected chi connectivity index (χ4v) is 2.53. The van der Waals surface area contributed by atoms with Crippen molar-refractivity contribution in [1.29, 1.82) is 0 Å². The van der Waals surface area contributed by atoms with E-state index in [1.165, 1.54) is 15.2 Å². The zero-order valence-electron chi connectivity index (χ0n) is 10.4. The van der Waals surface area contributed by atoms with E-state index in [1.54, 1.807) is 12.1 Å². The molecule has 0 bridgehead atoms. The van der Waals surface area contributed by atoms with Crippen molar-refractivity contribution in [3.63, 3.8) is 0 Å². The van der Waals surface area contributed by atoms with E-state index < -0.39 is 0 Å². The zero-order valence-corrected chi connectivity index (χ0v) is 12.5. The fraction of sp³-hybridized carbons (Fsp3) is 0.200. The van der Waals surface area contributed by atoms with Crippen LogP contribution in [-0.4, -0.2) is 0 Å². The average molecular weight is 355 g/mol. The van der Waals surface area contributed by atoms with Gasteiger partial charge in [-0.3, -0.25) is 0 Å². The highest BCUT2D eigenvalue weighted by Crippen LogP contribution is 2.23. The van der Waals surface area contributed by atoms with Crippen LogP contribution < -0.4 is 5.32 Å². The van der Waals surface area contributed by atoms with Crippen molar-refractivity contribution in [2.75, 3.05) is 5.32 Å². The number of nitrogens with one attached hydrogen (secondary N) is 1. The van der Waals surface area contributed by atoms with E-state index in [9.17, 15) is 4.39 Å². The molecule has 0 spiro atoms. The smallest absolute Gasteiger partial charge is 0.123 e. The van der Waals surface area contributed by atoms with Gasteiger partial charge in [0, 0.05) is 15.3 Å². The van der Waals surface area contributed by atoms with Crippen LogP contribution >= 0.6 is 22.6 Å². The number of hydrogen-bond donors (Lipinski definition) is 1. The lowest BCUT2D eigenvalue weighted by atomic mass is 10.1. The predicted molar refractivity (Wildman–Crippen MR) is 82.3 cm³/mol. The van der Waals surface area contributed by atoms with E-state index >= 15 is 0 Å². The molecule has 0 aromatic heterocycles. The molecule has 18 heavy (non-hydrogen) atoms. The highest BCUT2D eigenvalue weighted by Gasteiger charge is 2.07. The summed E-state index contributed by atoms with van der Waals surface area (Å²) >= 11 is 2.29. The highest BCUT2D eigenvalue weighted by atomic mass is 127. The molecule has 0 aliphatic heterocycles. The van der Waals surface area contributed by atoms with E-state index in [1.807, 2.05) is 13.0 Å². The maximum atomic E-state index is 13.2. The Bertz CT molecular complexity index is 554. The zero-order chi connectivity index (χ0) is 13.1. The number of hydrogen-bond acceptors (Lipinski definition) is 1. The molecule has 0 aliphatic rings. The van der Waals surface area contributed by atoms with Crippen molar-refractivity contribution >= 4 is 28.3 Å². The lowest BCUT2D eigenvalue weighted by Crippen LogP contribution is -2.08. The van der Waals surface area contributed by atoms with Gasteiger partial charge in [-0.05, 0) is 77.9 Å². The number of benzene rings is 2. The van der Waals surface area contributed by atoms with Crippen molar-refractivity contribution < 1.29 is 4.39 Å². The van der Waals surface area contributed by atoms with Crippen molar-refractivity contribution in [3.8, 4) is 0 Å². The van der Waals surface area contributed by atoms with E-state index in [2.05, 4.69) is 53.0 Å². The molecule has 1 nitrogen and oxygen atoms in total. The van der Waals surface area contributed by atoms with E-state index in [-0.39, 0.29) is 11.9 Å². The molecule has 0 saturated heterocycles. The van der Waals surface area contributed by atoms with Gasteiger partial charge in [0.25, 0.3) is 0 Å². The molecule has 1 unspecified atom stereocenters. The van der Waals surface area contributed by atoms with Crippen LogP contribution in [0.15, 0.2) is 42.5 Å². The van der Waals surface area contributed by atoms with E-state index in [0.717, 1.165) is 11.3 Å². The maximum Gasteiger partial charge on any atom is 0.123 e. The Kier molecular flexibility index (Phi) is 4.22. The Morgan fingerprint density at radius 2 is 1.94 bits per heavy atom. The molecule has 3 heteroatoms. The topological polar surface area (TPSA) is 12.0 Å². The first-order valence-corrected chi connectivity index (χ1v) is 6.92. The van der Waals surface area contributed by atoms with Gasteiger partial charge >= 0.3 is 0 Å². The van der Waals surface area contributed by atoms with Crippen LogP contribution in [0.2, 0.25) is 0 Å². The van der Waals surface area contributed by atoms with Gasteiger partial charge in [0.15, 0.2) is 0 Å². The Balaban J connectivity index is 2.18. The van der Waals surface area contributed by atoms with Crippen LogP contribution in [0.4, 0.5) is 10.1 Å². The number of rotatable bonds is 3. The van der Waals surface area contributed by atoms with Crippen LogP contribution in [0.1, 0.15) is 24.1 Å². The lowest BCUT2D eigenvalue weighted by molar-refractivity contribution is 0.623. The second-order valence-corrected chi connectivity index (χ2v) is 5.63. The quantitative estimate of drug-likeness (QED) is 0.772. The highest BCUT2D eigenvalue weighted by molar-refractivity contribution is 14.1. The third kappa shape index (κ3) is 3.22. The van der Waals surface area contributed by atoms with E-state index in [4.69, 9.17) is 0 Å². The van der Waals surface area contributed by atoms with Gasteiger partial charge in [0.1, 0.15) is 5.82 Å². The van der Waals surface area contributed by atoms with E-state index in [0.29, 0.717) is 0 Å². The largest absolute Gasteiger partial charge is 0.378 e. The van der Waals surface area contributed by atoms with Gasteiger partial charge < -0.3 is 5.32 Å². The first-order valence-electron chi connectivity index (χ1n) is 5.84. The third-order valence-electron chi connectivity index (χ3n) is 2.91. The van der Waals surface area contributed by atoms with Crippen LogP contribution in [0.3, 0.4) is 0 Å². The molecule has 2 aromatic rings. The van der Waals surface area contributed by atoms with Crippen molar-refractivity contribution in [1.82, 2.24) is 0 Å². The van der Waals surface area contributed by atoms with Gasteiger partial charge in [-0.25, -0.2) is 4.39 Å². The molecule has 1 atom stereocenters. The number of aryl methyl sites for hydroxylation is 1. The summed E-state index contributed by atoms with van der Waals surface area (Å²) in [6.45, 7) is 4.11. The summed E-state index contributed by atoms with van der Waals surface area (Å²) < 4.78 is 14.4. The Labute approximate surface area is 121 Å². The maximum absolute atomic E-state index is 13.2. The van der Waals surface area contributed by atoms with Crippen LogP contribution in [-0.2, 0) is 0 Å². The molecule has 0 saturated carbocycles. The average Bonchev–Trinajstić information content (AvgIpc) is 2.32. The molecule has 94 valence electrons. The normalized spacial score (nSPS) is 12.2. The fourth-order valence-electron chi connectivity index (χ4n) is 1.88. The molecule has 2 aromatic carbocycles. The summed E-state index contributed by atoms with van der Waals surface area (Å²) in [6.07, 6.45) is 0. The summed E-state index contributed by atoms with van der Waals surface area (Å²) in [6, 6.07) is 13.0. The molecule has 0 fully saturated rings. The predicted octanol–water partition coefficient (Wildman–Crippen LogP) is 4.91. The Morgan fingerprint density at radius 1 is 1.17 bits per heavy atom. The standard InChI is InChI=1S/C15H15FIN/c1-10-8-14(17)6-7-15(10)18-11(2)12-4-3-5-13(16)9-12/h3-9,11,18H,1-2H3. The summed E-state index contributed by atoms with van der Waals surface area (Å²) in [5.41, 5.74) is 3.24. The second-order valence-electron chi connectivity index (χ2n) is 4.38. The summed E-state index contributed by atoms with van der Waals surface area (Å²) in [5.74, 6) is -0.194. The van der Waals surface area contributed by atoms with Gasteiger partial charge in [-0.1, -0.05) is 12.1 Å². The van der Waals surface area contributed by atoms with Gasteiger partial charge in [-0.2, -0.15) is 0 Å². The monoisotopic (exact) mass is 355 g/mol. The minimum atomic E-state index is -0.194. The van der Waals surface area contributed by atoms with Crippen LogP contribution in [0.5, 0.6) is 0 Å². The molecule has 0 amide bonds. The summed E-state index contributed by atoms with van der Waals surface area (Å²) in [4.78, 5) is 0. The molecule has 0 aliphatic carbocycles. The second kappa shape index (κ2) is 5.69. The molecular formula is C15H15FIN. The summed E-state index contributed by atoms with van der Waals surface area (Å²) in [7, 11) is 0. The van der Waals surface area contributed by atoms with Crippen molar-refractivity contribution in [2.24, 2.45) is 0 Å². The first kappa shape index (κ1) is 13.3. The number of halogens is 2. The first-order chi connectivity index (χ1) is 8.56. The Hall–Kier alpha value is -1.10. The van der Waals surface area contributed by atoms with Crippen molar-refractivity contribution in [2.45, 2.75) is 19.9 Å². The minimum absolute atomic E-state index is 0.0828. The van der Waals surface area contributed by atoms with Crippen LogP contribution in [0.25, 0.3) is 0 Å². The molecule has 2 rings (SSSR count). The molecule has 1 N–H and O–H groups in total.